The Balaban J connectivity index is 1.99. The maximum absolute atomic E-state index is 6.22. The van der Waals surface area contributed by atoms with Crippen LogP contribution in [0.3, 0.4) is 0 Å². The summed E-state index contributed by atoms with van der Waals surface area (Å²) in [7, 11) is 0. The summed E-state index contributed by atoms with van der Waals surface area (Å²) in [5, 5.41) is 6.46. The van der Waals surface area contributed by atoms with Crippen LogP contribution in [-0.4, -0.2) is 0 Å². The SMILES string of the molecule is Cc1c(Cl)cccc1NC(c1cccs1)c1ccc(Cl)s1. The fourth-order valence-electron chi connectivity index (χ4n) is 2.14. The molecule has 0 amide bonds. The monoisotopic (exact) mass is 353 g/mol. The highest BCUT2D eigenvalue weighted by Gasteiger charge is 2.18. The molecule has 0 saturated heterocycles. The van der Waals surface area contributed by atoms with E-state index in [2.05, 4.69) is 35.0 Å². The van der Waals surface area contributed by atoms with Crippen LogP contribution in [0.1, 0.15) is 21.4 Å². The zero-order valence-electron chi connectivity index (χ0n) is 11.3. The van der Waals surface area contributed by atoms with E-state index in [-0.39, 0.29) is 6.04 Å². The fraction of sp³-hybridized carbons (Fsp3) is 0.125. The Kier molecular flexibility index (Phi) is 4.55. The molecule has 0 bridgehead atoms. The van der Waals surface area contributed by atoms with Crippen LogP contribution in [0.2, 0.25) is 9.36 Å². The molecule has 0 fully saturated rings. The van der Waals surface area contributed by atoms with E-state index in [9.17, 15) is 0 Å². The van der Waals surface area contributed by atoms with Gasteiger partial charge >= 0.3 is 0 Å². The minimum absolute atomic E-state index is 0.0969. The molecule has 0 radical (unpaired) electrons. The van der Waals surface area contributed by atoms with Crippen LogP contribution < -0.4 is 5.32 Å². The smallest absolute Gasteiger partial charge is 0.0954 e. The Morgan fingerprint density at radius 2 is 1.86 bits per heavy atom. The van der Waals surface area contributed by atoms with Crippen molar-refractivity contribution in [2.45, 2.75) is 13.0 Å². The van der Waals surface area contributed by atoms with Crippen molar-refractivity contribution in [1.29, 1.82) is 0 Å². The summed E-state index contributed by atoms with van der Waals surface area (Å²) < 4.78 is 0.802. The highest BCUT2D eigenvalue weighted by Crippen LogP contribution is 2.36. The summed E-state index contributed by atoms with van der Waals surface area (Å²) in [6.45, 7) is 2.03. The third-order valence-corrected chi connectivity index (χ3v) is 5.92. The fourth-order valence-corrected chi connectivity index (χ4v) is 4.31. The Labute approximate surface area is 142 Å². The molecule has 0 spiro atoms. The average Bonchev–Trinajstić information content (AvgIpc) is 3.12. The van der Waals surface area contributed by atoms with Crippen molar-refractivity contribution in [1.82, 2.24) is 0 Å². The van der Waals surface area contributed by atoms with Crippen LogP contribution in [0, 0.1) is 6.92 Å². The molecule has 0 saturated carbocycles. The van der Waals surface area contributed by atoms with E-state index in [4.69, 9.17) is 23.2 Å². The summed E-state index contributed by atoms with van der Waals surface area (Å²) in [4.78, 5) is 2.45. The van der Waals surface area contributed by atoms with Gasteiger partial charge in [0.25, 0.3) is 0 Å². The molecule has 1 atom stereocenters. The van der Waals surface area contributed by atoms with Gasteiger partial charge in [0.2, 0.25) is 0 Å². The minimum atomic E-state index is 0.0969. The molecule has 5 heteroatoms. The van der Waals surface area contributed by atoms with Crippen molar-refractivity contribution < 1.29 is 0 Å². The van der Waals surface area contributed by atoms with Gasteiger partial charge in [-0.15, -0.1) is 22.7 Å². The molecule has 3 aromatic rings. The van der Waals surface area contributed by atoms with Gasteiger partial charge in [0.1, 0.15) is 0 Å². The Morgan fingerprint density at radius 1 is 1.00 bits per heavy atom. The number of anilines is 1. The maximum Gasteiger partial charge on any atom is 0.0954 e. The van der Waals surface area contributed by atoms with Gasteiger partial charge in [-0.1, -0.05) is 35.3 Å². The Morgan fingerprint density at radius 3 is 2.52 bits per heavy atom. The van der Waals surface area contributed by atoms with Gasteiger partial charge in [-0.25, -0.2) is 0 Å². The van der Waals surface area contributed by atoms with E-state index >= 15 is 0 Å². The molecule has 3 rings (SSSR count). The van der Waals surface area contributed by atoms with Gasteiger partial charge in [-0.05, 0) is 48.2 Å². The van der Waals surface area contributed by atoms with E-state index in [1.54, 1.807) is 22.7 Å². The number of hydrogen-bond donors (Lipinski definition) is 1. The van der Waals surface area contributed by atoms with Gasteiger partial charge < -0.3 is 5.32 Å². The summed E-state index contributed by atoms with van der Waals surface area (Å²) >= 11 is 15.6. The number of hydrogen-bond acceptors (Lipinski definition) is 3. The zero-order chi connectivity index (χ0) is 14.8. The summed E-state index contributed by atoms with van der Waals surface area (Å²) in [5.41, 5.74) is 2.11. The Hall–Kier alpha value is -1.000. The van der Waals surface area contributed by atoms with E-state index in [1.807, 2.05) is 25.1 Å². The lowest BCUT2D eigenvalue weighted by Gasteiger charge is -2.19. The second-order valence-electron chi connectivity index (χ2n) is 4.65. The van der Waals surface area contributed by atoms with E-state index < -0.39 is 0 Å². The van der Waals surface area contributed by atoms with E-state index in [0.717, 1.165) is 20.6 Å². The van der Waals surface area contributed by atoms with Crippen LogP contribution in [-0.2, 0) is 0 Å². The number of rotatable bonds is 4. The van der Waals surface area contributed by atoms with Crippen LogP contribution in [0.4, 0.5) is 5.69 Å². The molecule has 1 N–H and O–H groups in total. The topological polar surface area (TPSA) is 12.0 Å². The lowest BCUT2D eigenvalue weighted by atomic mass is 10.1. The number of nitrogens with one attached hydrogen (secondary N) is 1. The first-order valence-corrected chi connectivity index (χ1v) is 8.90. The van der Waals surface area contributed by atoms with Crippen molar-refractivity contribution in [3.63, 3.8) is 0 Å². The largest absolute Gasteiger partial charge is 0.372 e. The third kappa shape index (κ3) is 3.27. The van der Waals surface area contributed by atoms with Gasteiger partial charge in [-0.2, -0.15) is 0 Å². The van der Waals surface area contributed by atoms with Crippen molar-refractivity contribution in [3.05, 3.63) is 72.5 Å². The number of thiophene rings is 2. The maximum atomic E-state index is 6.22. The van der Waals surface area contributed by atoms with Gasteiger partial charge in [0.15, 0.2) is 0 Å². The lowest BCUT2D eigenvalue weighted by molar-refractivity contribution is 0.989. The van der Waals surface area contributed by atoms with Crippen molar-refractivity contribution >= 4 is 51.6 Å². The van der Waals surface area contributed by atoms with Gasteiger partial charge in [-0.3, -0.25) is 0 Å². The molecule has 1 unspecified atom stereocenters. The first-order chi connectivity index (χ1) is 10.1. The quantitative estimate of drug-likeness (QED) is 0.555. The highest BCUT2D eigenvalue weighted by atomic mass is 35.5. The molecule has 1 nitrogen and oxygen atoms in total. The minimum Gasteiger partial charge on any atom is -0.372 e. The second kappa shape index (κ2) is 6.41. The van der Waals surface area contributed by atoms with Crippen molar-refractivity contribution in [2.75, 3.05) is 5.32 Å². The average molecular weight is 354 g/mol. The lowest BCUT2D eigenvalue weighted by Crippen LogP contribution is -2.10. The van der Waals surface area contributed by atoms with Crippen LogP contribution in [0.25, 0.3) is 0 Å². The molecule has 1 aromatic carbocycles. The summed E-state index contributed by atoms with van der Waals surface area (Å²) in [5.74, 6) is 0. The van der Waals surface area contributed by atoms with E-state index in [0.29, 0.717) is 0 Å². The predicted molar refractivity (Wildman–Crippen MR) is 95.3 cm³/mol. The van der Waals surface area contributed by atoms with Gasteiger partial charge in [0.05, 0.1) is 10.4 Å². The first kappa shape index (κ1) is 14.9. The molecule has 2 aromatic heterocycles. The second-order valence-corrected chi connectivity index (χ2v) is 7.78. The summed E-state index contributed by atoms with van der Waals surface area (Å²) in [6.07, 6.45) is 0. The number of benzene rings is 1. The van der Waals surface area contributed by atoms with Crippen molar-refractivity contribution in [2.24, 2.45) is 0 Å². The molecule has 2 heterocycles. The zero-order valence-corrected chi connectivity index (χ0v) is 14.4. The number of halogens is 2. The third-order valence-electron chi connectivity index (χ3n) is 3.27. The van der Waals surface area contributed by atoms with Gasteiger partial charge in [0, 0.05) is 20.5 Å². The molecular weight excluding hydrogens is 341 g/mol. The molecule has 21 heavy (non-hydrogen) atoms. The van der Waals surface area contributed by atoms with Crippen LogP contribution in [0.5, 0.6) is 0 Å². The van der Waals surface area contributed by atoms with Crippen molar-refractivity contribution in [3.8, 4) is 0 Å². The molecule has 0 aliphatic rings. The molecule has 0 aliphatic carbocycles. The highest BCUT2D eigenvalue weighted by molar-refractivity contribution is 7.16. The normalized spacial score (nSPS) is 12.3. The molecule has 0 aliphatic heterocycles. The molecule has 108 valence electrons. The van der Waals surface area contributed by atoms with E-state index in [1.165, 1.54) is 9.75 Å². The van der Waals surface area contributed by atoms with Crippen LogP contribution in [0.15, 0.2) is 47.8 Å². The summed E-state index contributed by atoms with van der Waals surface area (Å²) in [6, 6.07) is 14.2. The predicted octanol–water partition coefficient (Wildman–Crippen LogP) is 6.63. The standard InChI is InChI=1S/C16H13Cl2NS2/c1-10-11(17)4-2-5-12(10)19-16(13-6-3-9-20-13)14-7-8-15(18)21-14/h2-9,16,19H,1H3. The Bertz CT molecular complexity index is 735. The van der Waals surface area contributed by atoms with Crippen LogP contribution >= 0.6 is 45.9 Å². The first-order valence-electron chi connectivity index (χ1n) is 6.45. The molecular formula is C16H13Cl2NS2.